The molecule has 3 heteroatoms. The molecule has 0 amide bonds. The van der Waals surface area contributed by atoms with Crippen LogP contribution in [0.15, 0.2) is 66.0 Å². The average molecular weight is 257 g/mol. The number of aliphatic hydroxyl groups is 1. The zero-order valence-corrected chi connectivity index (χ0v) is 9.79. The molecule has 0 fully saturated rings. The van der Waals surface area contributed by atoms with Crippen LogP contribution in [0.5, 0.6) is 0 Å². The van der Waals surface area contributed by atoms with Crippen molar-refractivity contribution in [2.75, 3.05) is 0 Å². The molecule has 0 atom stereocenters. The van der Waals surface area contributed by atoms with Gasteiger partial charge in [0.15, 0.2) is 0 Å². The Balaban J connectivity index is 0.000000318. The second-order valence-corrected chi connectivity index (χ2v) is 2.95. The molecule has 1 N–H and O–H groups in total. The van der Waals surface area contributed by atoms with Gasteiger partial charge < -0.3 is 9.90 Å². The fraction of sp³-hybridized carbons (Fsp3) is 0.0769. The molecule has 0 heterocycles. The van der Waals surface area contributed by atoms with Crippen LogP contribution in [0.3, 0.4) is 0 Å². The maximum atomic E-state index is 9.93. The predicted molar refractivity (Wildman–Crippen MR) is 60.7 cm³/mol. The summed E-state index contributed by atoms with van der Waals surface area (Å²) in [5, 5.41) is 9.09. The molecule has 0 aromatic heterocycles. The van der Waals surface area contributed by atoms with Crippen molar-refractivity contribution in [2.24, 2.45) is 0 Å². The molecule has 1 aliphatic carbocycles. The first kappa shape index (κ1) is 14.6. The van der Waals surface area contributed by atoms with Crippen molar-refractivity contribution in [1.82, 2.24) is 0 Å². The summed E-state index contributed by atoms with van der Waals surface area (Å²) in [6.45, 7) is 0. The summed E-state index contributed by atoms with van der Waals surface area (Å²) in [7, 11) is 0. The first-order valence-corrected chi connectivity index (χ1v) is 4.72. The summed E-state index contributed by atoms with van der Waals surface area (Å²) >= 11 is 0. The summed E-state index contributed by atoms with van der Waals surface area (Å²) < 4.78 is 0. The van der Waals surface area contributed by atoms with E-state index in [1.165, 1.54) is 0 Å². The van der Waals surface area contributed by atoms with E-state index < -0.39 is 0 Å². The normalized spacial score (nSPS) is 11.4. The van der Waals surface area contributed by atoms with Gasteiger partial charge in [-0.15, -0.1) is 0 Å². The average Bonchev–Trinajstić information content (AvgIpc) is 2.95. The second kappa shape index (κ2) is 8.83. The number of allylic oxidation sites excluding steroid dienone is 6. The molecule has 0 saturated carbocycles. The fourth-order valence-corrected chi connectivity index (χ4v) is 1.08. The van der Waals surface area contributed by atoms with Gasteiger partial charge in [-0.3, -0.25) is 0 Å². The molecule has 0 bridgehead atoms. The molecule has 0 spiro atoms. The third-order valence-electron chi connectivity index (χ3n) is 1.83. The van der Waals surface area contributed by atoms with Crippen LogP contribution in [-0.2, 0) is 21.9 Å². The van der Waals surface area contributed by atoms with Crippen LogP contribution in [0.25, 0.3) is 0 Å². The van der Waals surface area contributed by atoms with E-state index >= 15 is 0 Å². The maximum absolute atomic E-state index is 9.93. The van der Waals surface area contributed by atoms with Crippen LogP contribution < -0.4 is 0 Å². The van der Waals surface area contributed by atoms with E-state index in [0.29, 0.717) is 6.29 Å². The van der Waals surface area contributed by atoms with Crippen molar-refractivity contribution in [1.29, 1.82) is 0 Å². The molecule has 0 aliphatic heterocycles. The maximum Gasteiger partial charge on any atom is 0.127 e. The topological polar surface area (TPSA) is 37.3 Å². The van der Waals surface area contributed by atoms with Crippen LogP contribution in [0.1, 0.15) is 6.42 Å². The van der Waals surface area contributed by atoms with Gasteiger partial charge in [-0.1, -0.05) is 24.3 Å². The van der Waals surface area contributed by atoms with Crippen molar-refractivity contribution in [3.63, 3.8) is 0 Å². The van der Waals surface area contributed by atoms with Crippen LogP contribution in [-0.4, -0.2) is 11.4 Å². The van der Waals surface area contributed by atoms with Crippen molar-refractivity contribution in [3.8, 4) is 0 Å². The summed E-state index contributed by atoms with van der Waals surface area (Å²) in [5.74, 6) is 0.139. The molecular formula is C13H13FeO2-. The van der Waals surface area contributed by atoms with E-state index in [1.54, 1.807) is 12.2 Å². The smallest absolute Gasteiger partial charge is 0.127 e. The Labute approximate surface area is 106 Å². The summed E-state index contributed by atoms with van der Waals surface area (Å²) in [6, 6.07) is 10.0. The Morgan fingerprint density at radius 1 is 1.25 bits per heavy atom. The molecule has 16 heavy (non-hydrogen) atoms. The number of carbonyl (C=O) groups excluding carboxylic acids is 1. The van der Waals surface area contributed by atoms with Gasteiger partial charge in [0.1, 0.15) is 12.0 Å². The molecule has 0 unspecified atom stereocenters. The van der Waals surface area contributed by atoms with Gasteiger partial charge in [-0.05, 0) is 0 Å². The van der Waals surface area contributed by atoms with Gasteiger partial charge in [-0.2, -0.15) is 18.2 Å². The van der Waals surface area contributed by atoms with Crippen LogP contribution in [0.2, 0.25) is 0 Å². The van der Waals surface area contributed by atoms with E-state index in [-0.39, 0.29) is 29.2 Å². The largest absolute Gasteiger partial charge is 0.511 e. The fourth-order valence-electron chi connectivity index (χ4n) is 1.08. The molecule has 2 rings (SSSR count). The Morgan fingerprint density at radius 2 is 1.81 bits per heavy atom. The van der Waals surface area contributed by atoms with Gasteiger partial charge in [0, 0.05) is 22.6 Å². The van der Waals surface area contributed by atoms with E-state index in [0.717, 1.165) is 5.57 Å². The molecular weight excluding hydrogens is 244 g/mol. The third kappa shape index (κ3) is 5.44. The molecule has 1 aliphatic rings. The summed E-state index contributed by atoms with van der Waals surface area (Å²) in [5.41, 5.74) is 0.729. The number of aliphatic hydroxyl groups excluding tert-OH is 1. The quantitative estimate of drug-likeness (QED) is 0.383. The first-order valence-electron chi connectivity index (χ1n) is 4.72. The third-order valence-corrected chi connectivity index (χ3v) is 1.83. The van der Waals surface area contributed by atoms with Crippen LogP contribution in [0.4, 0.5) is 0 Å². The number of hydrogen-bond donors (Lipinski definition) is 1. The Hall–Kier alpha value is -1.44. The second-order valence-electron chi connectivity index (χ2n) is 2.95. The van der Waals surface area contributed by atoms with E-state index in [2.05, 4.69) is 0 Å². The number of aldehydes is 1. The summed E-state index contributed by atoms with van der Waals surface area (Å²) in [4.78, 5) is 9.93. The van der Waals surface area contributed by atoms with Crippen LogP contribution >= 0.6 is 0 Å². The molecule has 1 aromatic rings. The monoisotopic (exact) mass is 257 g/mol. The molecule has 2 nitrogen and oxygen atoms in total. The summed E-state index contributed by atoms with van der Waals surface area (Å²) in [6.07, 6.45) is 7.94. The number of hydrogen-bond acceptors (Lipinski definition) is 2. The van der Waals surface area contributed by atoms with E-state index in [1.807, 2.05) is 42.5 Å². The molecule has 0 radical (unpaired) electrons. The Kier molecular flexibility index (Phi) is 8.04. The van der Waals surface area contributed by atoms with Gasteiger partial charge in [0.2, 0.25) is 0 Å². The van der Waals surface area contributed by atoms with E-state index in [4.69, 9.17) is 5.11 Å². The van der Waals surface area contributed by atoms with Gasteiger partial charge in [-0.25, -0.2) is 12.1 Å². The zero-order valence-electron chi connectivity index (χ0n) is 8.69. The van der Waals surface area contributed by atoms with Crippen molar-refractivity contribution in [2.45, 2.75) is 6.42 Å². The zero-order chi connectivity index (χ0) is 10.9. The van der Waals surface area contributed by atoms with E-state index in [9.17, 15) is 4.79 Å². The van der Waals surface area contributed by atoms with Gasteiger partial charge in [0.05, 0.1) is 6.42 Å². The minimum Gasteiger partial charge on any atom is -0.511 e. The van der Waals surface area contributed by atoms with Crippen molar-refractivity contribution < 1.29 is 27.0 Å². The Bertz CT molecular complexity index is 341. The van der Waals surface area contributed by atoms with Gasteiger partial charge in [0.25, 0.3) is 0 Å². The number of rotatable bonds is 2. The van der Waals surface area contributed by atoms with Crippen molar-refractivity contribution >= 4 is 6.29 Å². The minimum atomic E-state index is 0. The predicted octanol–water partition coefficient (Wildman–Crippen LogP) is 2.92. The molecule has 86 valence electrons. The minimum absolute atomic E-state index is 0. The SMILES string of the molecule is O=CCC(O)=C1C=CC=C1.[Fe].c1cc[cH-]c1. The molecule has 0 saturated heterocycles. The molecule has 1 aromatic carbocycles. The Morgan fingerprint density at radius 3 is 2.19 bits per heavy atom. The number of carbonyl (C=O) groups is 1. The van der Waals surface area contributed by atoms with Crippen LogP contribution in [0, 0.1) is 0 Å². The first-order chi connectivity index (χ1) is 7.34. The standard InChI is InChI=1S/C8H8O2.C5H5.Fe/c9-6-5-8(10)7-3-1-2-4-7;1-2-4-5-3-1;/h1-4,6,10H,5H2;1-5H;/q;-1;. The van der Waals surface area contributed by atoms with Gasteiger partial charge >= 0.3 is 0 Å². The van der Waals surface area contributed by atoms with Crippen molar-refractivity contribution in [3.05, 3.63) is 66.0 Å².